The van der Waals surface area contributed by atoms with E-state index in [-0.39, 0.29) is 17.8 Å². The molecule has 4 rings (SSSR count). The fourth-order valence-electron chi connectivity index (χ4n) is 5.40. The number of ether oxygens (including phenoxy) is 3. The van der Waals surface area contributed by atoms with E-state index in [9.17, 15) is 4.79 Å². The van der Waals surface area contributed by atoms with Crippen molar-refractivity contribution in [2.45, 2.75) is 44.1 Å². The summed E-state index contributed by atoms with van der Waals surface area (Å²) in [6.45, 7) is 2.80. The van der Waals surface area contributed by atoms with Gasteiger partial charge in [-0.15, -0.1) is 0 Å². The first kappa shape index (κ1) is 25.1. The molecule has 0 radical (unpaired) electrons. The maximum absolute atomic E-state index is 13.7. The second-order valence-electron chi connectivity index (χ2n) is 9.94. The van der Waals surface area contributed by atoms with Crippen LogP contribution >= 0.6 is 0 Å². The van der Waals surface area contributed by atoms with Gasteiger partial charge in [0, 0.05) is 12.5 Å². The molecule has 0 aromatic heterocycles. The number of hydrogen-bond acceptors (Lipinski definition) is 5. The molecule has 0 unspecified atom stereocenters. The molecule has 186 valence electrons. The number of esters is 1. The summed E-state index contributed by atoms with van der Waals surface area (Å²) >= 11 is 0. The van der Waals surface area contributed by atoms with E-state index in [2.05, 4.69) is 31.1 Å². The third kappa shape index (κ3) is 5.30. The summed E-state index contributed by atoms with van der Waals surface area (Å²) in [5.74, 6) is 1.24. The van der Waals surface area contributed by atoms with Gasteiger partial charge < -0.3 is 19.1 Å². The van der Waals surface area contributed by atoms with Crippen LogP contribution in [0.25, 0.3) is 10.8 Å². The smallest absolute Gasteiger partial charge is 0.314 e. The topological polar surface area (TPSA) is 48.0 Å². The van der Waals surface area contributed by atoms with Crippen molar-refractivity contribution in [1.29, 1.82) is 0 Å². The number of methoxy groups -OCH3 is 2. The van der Waals surface area contributed by atoms with Gasteiger partial charge in [0.15, 0.2) is 0 Å². The Balaban J connectivity index is 1.68. The van der Waals surface area contributed by atoms with Gasteiger partial charge in [0.05, 0.1) is 20.1 Å². The van der Waals surface area contributed by atoms with Crippen LogP contribution in [-0.4, -0.2) is 45.7 Å². The highest BCUT2D eigenvalue weighted by molar-refractivity contribution is 5.87. The SMILES string of the molecule is COc1cccc([C@@]2(OC(=O)[C@@H](C)c3ccc4cc(OC)ccc4c3)CCCC[C@@H]2CN(C)C)c1. The van der Waals surface area contributed by atoms with Crippen LogP contribution in [0, 0.1) is 5.92 Å². The molecule has 1 fully saturated rings. The first-order valence-corrected chi connectivity index (χ1v) is 12.5. The Morgan fingerprint density at radius 1 is 0.971 bits per heavy atom. The van der Waals surface area contributed by atoms with Crippen LogP contribution in [-0.2, 0) is 15.1 Å². The predicted molar refractivity (Wildman–Crippen MR) is 140 cm³/mol. The summed E-state index contributed by atoms with van der Waals surface area (Å²) in [5, 5.41) is 2.16. The maximum Gasteiger partial charge on any atom is 0.314 e. The van der Waals surface area contributed by atoms with Crippen LogP contribution in [0.2, 0.25) is 0 Å². The molecule has 3 aromatic carbocycles. The van der Waals surface area contributed by atoms with Gasteiger partial charge in [-0.05, 0) is 86.4 Å². The van der Waals surface area contributed by atoms with E-state index >= 15 is 0 Å². The van der Waals surface area contributed by atoms with E-state index in [1.165, 1.54) is 0 Å². The molecule has 1 saturated carbocycles. The molecule has 0 spiro atoms. The molecule has 5 heteroatoms. The first-order chi connectivity index (χ1) is 16.9. The minimum atomic E-state index is -0.674. The molecule has 0 heterocycles. The first-order valence-electron chi connectivity index (χ1n) is 12.5. The summed E-state index contributed by atoms with van der Waals surface area (Å²) in [7, 11) is 7.51. The summed E-state index contributed by atoms with van der Waals surface area (Å²) < 4.78 is 17.5. The highest BCUT2D eigenvalue weighted by Crippen LogP contribution is 2.47. The molecule has 35 heavy (non-hydrogen) atoms. The molecule has 0 N–H and O–H groups in total. The standard InChI is InChI=1S/C30H37NO4/c1-21(22-12-13-24-18-28(34-5)15-14-23(24)17-22)29(32)35-30(25-10-8-11-27(19-25)33-4)16-7-6-9-26(30)20-31(2)3/h8,10-15,17-19,21,26H,6-7,9,16,20H2,1-5H3/t21-,26+,30-/m0/s1. The maximum atomic E-state index is 13.7. The van der Waals surface area contributed by atoms with E-state index in [0.29, 0.717) is 0 Å². The average Bonchev–Trinajstić information content (AvgIpc) is 2.88. The number of fused-ring (bicyclic) bond motifs is 1. The van der Waals surface area contributed by atoms with E-state index < -0.39 is 5.60 Å². The van der Waals surface area contributed by atoms with Gasteiger partial charge >= 0.3 is 5.97 Å². The largest absolute Gasteiger partial charge is 0.497 e. The molecule has 1 aliphatic carbocycles. The van der Waals surface area contributed by atoms with Crippen molar-refractivity contribution in [2.24, 2.45) is 5.92 Å². The van der Waals surface area contributed by atoms with Crippen molar-refractivity contribution in [2.75, 3.05) is 34.9 Å². The molecule has 0 amide bonds. The van der Waals surface area contributed by atoms with Crippen LogP contribution in [0.5, 0.6) is 11.5 Å². The van der Waals surface area contributed by atoms with Crippen molar-refractivity contribution >= 4 is 16.7 Å². The van der Waals surface area contributed by atoms with Crippen molar-refractivity contribution in [3.63, 3.8) is 0 Å². The monoisotopic (exact) mass is 475 g/mol. The summed E-state index contributed by atoms with van der Waals surface area (Å²) in [4.78, 5) is 15.9. The van der Waals surface area contributed by atoms with Gasteiger partial charge in [0.2, 0.25) is 0 Å². The Morgan fingerprint density at radius 2 is 1.69 bits per heavy atom. The Hall–Kier alpha value is -3.05. The number of hydrogen-bond donors (Lipinski definition) is 0. The molecule has 1 aliphatic rings. The summed E-state index contributed by atoms with van der Waals surface area (Å²) in [5.41, 5.74) is 1.30. The van der Waals surface area contributed by atoms with Gasteiger partial charge in [-0.2, -0.15) is 0 Å². The quantitative estimate of drug-likeness (QED) is 0.366. The summed E-state index contributed by atoms with van der Waals surface area (Å²) in [6.07, 6.45) is 4.01. The third-order valence-electron chi connectivity index (χ3n) is 7.36. The molecule has 5 nitrogen and oxygen atoms in total. The molecule has 0 aliphatic heterocycles. The number of rotatable bonds is 8. The van der Waals surface area contributed by atoms with E-state index in [1.807, 2.05) is 55.5 Å². The number of nitrogens with zero attached hydrogens (tertiary/aromatic N) is 1. The molecule has 0 bridgehead atoms. The highest BCUT2D eigenvalue weighted by atomic mass is 16.6. The van der Waals surface area contributed by atoms with E-state index in [1.54, 1.807) is 14.2 Å². The third-order valence-corrected chi connectivity index (χ3v) is 7.36. The lowest BCUT2D eigenvalue weighted by atomic mass is 9.70. The zero-order valence-electron chi connectivity index (χ0n) is 21.5. The lowest BCUT2D eigenvalue weighted by Gasteiger charge is -2.45. The Kier molecular flexibility index (Phi) is 7.66. The highest BCUT2D eigenvalue weighted by Gasteiger charge is 2.46. The van der Waals surface area contributed by atoms with E-state index in [4.69, 9.17) is 14.2 Å². The van der Waals surface area contributed by atoms with Gasteiger partial charge in [0.1, 0.15) is 17.1 Å². The number of benzene rings is 3. The lowest BCUT2D eigenvalue weighted by Crippen LogP contribution is -2.47. The number of carbonyl (C=O) groups excluding carboxylic acids is 1. The lowest BCUT2D eigenvalue weighted by molar-refractivity contribution is -0.176. The van der Waals surface area contributed by atoms with Crippen LogP contribution in [0.15, 0.2) is 60.7 Å². The van der Waals surface area contributed by atoms with Crippen LogP contribution in [0.4, 0.5) is 0 Å². The van der Waals surface area contributed by atoms with Crippen molar-refractivity contribution in [3.05, 3.63) is 71.8 Å². The minimum absolute atomic E-state index is 0.189. The summed E-state index contributed by atoms with van der Waals surface area (Å²) in [6, 6.07) is 20.2. The van der Waals surface area contributed by atoms with Crippen molar-refractivity contribution in [3.8, 4) is 11.5 Å². The number of carbonyl (C=O) groups is 1. The molecular formula is C30H37NO4. The van der Waals surface area contributed by atoms with Gasteiger partial charge in [-0.25, -0.2) is 0 Å². The zero-order chi connectivity index (χ0) is 25.0. The minimum Gasteiger partial charge on any atom is -0.497 e. The zero-order valence-corrected chi connectivity index (χ0v) is 21.5. The van der Waals surface area contributed by atoms with Gasteiger partial charge in [-0.3, -0.25) is 4.79 Å². The van der Waals surface area contributed by atoms with Crippen molar-refractivity contribution in [1.82, 2.24) is 4.90 Å². The fraction of sp³-hybridized carbons (Fsp3) is 0.433. The Bertz CT molecular complexity index is 1170. The van der Waals surface area contributed by atoms with Crippen LogP contribution in [0.3, 0.4) is 0 Å². The second kappa shape index (κ2) is 10.7. The molecule has 0 saturated heterocycles. The van der Waals surface area contributed by atoms with Gasteiger partial charge in [-0.1, -0.05) is 42.8 Å². The molecule has 3 aromatic rings. The predicted octanol–water partition coefficient (Wildman–Crippen LogP) is 6.15. The van der Waals surface area contributed by atoms with Crippen LogP contribution in [0.1, 0.15) is 49.7 Å². The molecule has 3 atom stereocenters. The second-order valence-corrected chi connectivity index (χ2v) is 9.94. The Labute approximate surface area is 209 Å². The van der Waals surface area contributed by atoms with Gasteiger partial charge in [0.25, 0.3) is 0 Å². The Morgan fingerprint density at radius 3 is 2.43 bits per heavy atom. The normalized spacial score (nSPS) is 21.0. The van der Waals surface area contributed by atoms with E-state index in [0.717, 1.165) is 65.6 Å². The van der Waals surface area contributed by atoms with Crippen molar-refractivity contribution < 1.29 is 19.0 Å². The average molecular weight is 476 g/mol. The fourth-order valence-corrected chi connectivity index (χ4v) is 5.40. The molecular weight excluding hydrogens is 438 g/mol. The van der Waals surface area contributed by atoms with Crippen LogP contribution < -0.4 is 9.47 Å².